The molecule has 2 aromatic rings. The molecule has 0 saturated carbocycles. The van der Waals surface area contributed by atoms with Crippen molar-refractivity contribution in [2.24, 2.45) is 0 Å². The number of amides is 2. The molecule has 2 aliphatic heterocycles. The Morgan fingerprint density at radius 1 is 1.07 bits per heavy atom. The number of rotatable bonds is 4. The van der Waals surface area contributed by atoms with Crippen LogP contribution in [0.15, 0.2) is 61.4 Å². The topological polar surface area (TPSA) is 58.4 Å². The maximum Gasteiger partial charge on any atom is 0.245 e. The van der Waals surface area contributed by atoms with Gasteiger partial charge < -0.3 is 9.80 Å². The Balaban J connectivity index is 1.54. The van der Waals surface area contributed by atoms with Crippen molar-refractivity contribution >= 4 is 11.8 Å². The Bertz CT molecular complexity index is 817. The molecule has 0 radical (unpaired) electrons. The highest BCUT2D eigenvalue weighted by Crippen LogP contribution is 2.39. The molecule has 0 unspecified atom stereocenters. The van der Waals surface area contributed by atoms with Crippen molar-refractivity contribution in [1.29, 1.82) is 0 Å². The fraction of sp³-hybridized carbons (Fsp3) is 0.381. The van der Waals surface area contributed by atoms with E-state index < -0.39 is 5.41 Å². The van der Waals surface area contributed by atoms with Gasteiger partial charge in [-0.1, -0.05) is 36.9 Å². The molecular weight excluding hydrogens is 340 g/mol. The van der Waals surface area contributed by atoms with Gasteiger partial charge in [0, 0.05) is 38.6 Å². The van der Waals surface area contributed by atoms with E-state index in [4.69, 9.17) is 0 Å². The average molecular weight is 364 g/mol. The molecule has 0 aliphatic carbocycles. The minimum Gasteiger partial charge on any atom is -0.339 e. The summed E-state index contributed by atoms with van der Waals surface area (Å²) in [5.41, 5.74) is 0.483. The average Bonchev–Trinajstić information content (AvgIpc) is 3.21. The van der Waals surface area contributed by atoms with E-state index in [1.165, 1.54) is 6.08 Å². The second-order valence-corrected chi connectivity index (χ2v) is 7.33. The molecular formula is C21H24N4O2. The number of hydrogen-bond acceptors (Lipinski definition) is 3. The van der Waals surface area contributed by atoms with E-state index >= 15 is 0 Å². The first kappa shape index (κ1) is 17.5. The van der Waals surface area contributed by atoms with Gasteiger partial charge in [-0.15, -0.1) is 0 Å². The zero-order chi connectivity index (χ0) is 18.9. The molecule has 2 fully saturated rings. The molecule has 2 saturated heterocycles. The molecule has 6 nitrogen and oxygen atoms in total. The number of likely N-dealkylation sites (tertiary alicyclic amines) is 2. The fourth-order valence-corrected chi connectivity index (χ4v) is 4.21. The number of nitrogens with zero attached hydrogens (tertiary/aromatic N) is 4. The van der Waals surface area contributed by atoms with Gasteiger partial charge in [0.1, 0.15) is 0 Å². The third-order valence-electron chi connectivity index (χ3n) is 5.89. The van der Waals surface area contributed by atoms with Gasteiger partial charge in [0.15, 0.2) is 0 Å². The van der Waals surface area contributed by atoms with Crippen LogP contribution in [0.3, 0.4) is 0 Å². The summed E-state index contributed by atoms with van der Waals surface area (Å²) in [5.74, 6) is 0.106. The van der Waals surface area contributed by atoms with E-state index in [0.717, 1.165) is 5.56 Å². The second kappa shape index (κ2) is 7.02. The summed E-state index contributed by atoms with van der Waals surface area (Å²) in [5, 5.41) is 4.28. The highest BCUT2D eigenvalue weighted by molar-refractivity contribution is 5.90. The predicted octanol–water partition coefficient (Wildman–Crippen LogP) is 2.01. The molecule has 1 aromatic carbocycles. The first-order valence-corrected chi connectivity index (χ1v) is 9.39. The SMILES string of the molecule is C=CC(=O)N1CCC(C(=O)N2CC(n3cccn3)C2)(c2ccccc2)CC1. The molecule has 27 heavy (non-hydrogen) atoms. The Hall–Kier alpha value is -2.89. The maximum absolute atomic E-state index is 13.5. The maximum atomic E-state index is 13.5. The summed E-state index contributed by atoms with van der Waals surface area (Å²) < 4.78 is 1.92. The van der Waals surface area contributed by atoms with Gasteiger partial charge in [0.25, 0.3) is 0 Å². The molecule has 2 amide bonds. The molecule has 0 bridgehead atoms. The number of carbonyl (C=O) groups excluding carboxylic acids is 2. The van der Waals surface area contributed by atoms with E-state index in [-0.39, 0.29) is 17.9 Å². The van der Waals surface area contributed by atoms with Crippen molar-refractivity contribution < 1.29 is 9.59 Å². The summed E-state index contributed by atoms with van der Waals surface area (Å²) in [6, 6.07) is 12.2. The van der Waals surface area contributed by atoms with Crippen LogP contribution in [0.1, 0.15) is 24.4 Å². The van der Waals surface area contributed by atoms with Gasteiger partial charge in [-0.25, -0.2) is 0 Å². The van der Waals surface area contributed by atoms with Crippen molar-refractivity contribution in [2.45, 2.75) is 24.3 Å². The number of aromatic nitrogens is 2. The third kappa shape index (κ3) is 3.05. The summed E-state index contributed by atoms with van der Waals surface area (Å²) in [6.45, 7) is 6.09. The number of benzene rings is 1. The van der Waals surface area contributed by atoms with Crippen molar-refractivity contribution in [2.75, 3.05) is 26.2 Å². The standard InChI is InChI=1S/C21H24N4O2/c1-2-19(26)23-13-9-21(10-14-23,17-7-4-3-5-8-17)20(27)24-15-18(16-24)25-12-6-11-22-25/h2-8,11-12,18H,1,9-10,13-16H2. The Morgan fingerprint density at radius 3 is 2.37 bits per heavy atom. The lowest BCUT2D eigenvalue weighted by Gasteiger charge is -2.48. The van der Waals surface area contributed by atoms with Crippen molar-refractivity contribution in [3.8, 4) is 0 Å². The zero-order valence-electron chi connectivity index (χ0n) is 15.3. The Kier molecular flexibility index (Phi) is 4.56. The van der Waals surface area contributed by atoms with Gasteiger partial charge in [0.05, 0.1) is 11.5 Å². The van der Waals surface area contributed by atoms with Crippen LogP contribution in [0, 0.1) is 0 Å². The number of hydrogen-bond donors (Lipinski definition) is 0. The van der Waals surface area contributed by atoms with E-state index in [1.807, 2.05) is 52.2 Å². The minimum absolute atomic E-state index is 0.0631. The molecule has 6 heteroatoms. The molecule has 140 valence electrons. The van der Waals surface area contributed by atoms with E-state index in [1.54, 1.807) is 11.1 Å². The highest BCUT2D eigenvalue weighted by atomic mass is 16.2. The van der Waals surface area contributed by atoms with E-state index in [0.29, 0.717) is 39.0 Å². The molecule has 2 aliphatic rings. The molecule has 0 spiro atoms. The van der Waals surface area contributed by atoms with Crippen LogP contribution >= 0.6 is 0 Å². The second-order valence-electron chi connectivity index (χ2n) is 7.33. The first-order chi connectivity index (χ1) is 13.1. The molecule has 1 aromatic heterocycles. The molecule has 3 heterocycles. The number of carbonyl (C=O) groups is 2. The van der Waals surface area contributed by atoms with Crippen LogP contribution in [0.4, 0.5) is 0 Å². The van der Waals surface area contributed by atoms with Crippen LogP contribution in [-0.4, -0.2) is 57.6 Å². The van der Waals surface area contributed by atoms with Crippen LogP contribution < -0.4 is 0 Å². The van der Waals surface area contributed by atoms with Crippen LogP contribution in [0.25, 0.3) is 0 Å². The van der Waals surface area contributed by atoms with Crippen LogP contribution in [-0.2, 0) is 15.0 Å². The third-order valence-corrected chi connectivity index (χ3v) is 5.89. The summed E-state index contributed by atoms with van der Waals surface area (Å²) >= 11 is 0. The fourth-order valence-electron chi connectivity index (χ4n) is 4.21. The van der Waals surface area contributed by atoms with Gasteiger partial charge in [-0.05, 0) is 30.5 Å². The first-order valence-electron chi connectivity index (χ1n) is 9.39. The van der Waals surface area contributed by atoms with Crippen molar-refractivity contribution in [1.82, 2.24) is 19.6 Å². The smallest absolute Gasteiger partial charge is 0.245 e. The molecule has 0 atom stereocenters. The lowest BCUT2D eigenvalue weighted by molar-refractivity contribution is -0.147. The Labute approximate surface area is 159 Å². The lowest BCUT2D eigenvalue weighted by atomic mass is 9.71. The largest absolute Gasteiger partial charge is 0.339 e. The monoisotopic (exact) mass is 364 g/mol. The minimum atomic E-state index is -0.561. The van der Waals surface area contributed by atoms with E-state index in [2.05, 4.69) is 11.7 Å². The van der Waals surface area contributed by atoms with Crippen LogP contribution in [0.2, 0.25) is 0 Å². The highest BCUT2D eigenvalue weighted by Gasteiger charge is 2.48. The normalized spacial score (nSPS) is 19.4. The summed E-state index contributed by atoms with van der Waals surface area (Å²) in [6.07, 6.45) is 6.33. The van der Waals surface area contributed by atoms with Gasteiger partial charge >= 0.3 is 0 Å². The summed E-state index contributed by atoms with van der Waals surface area (Å²) in [7, 11) is 0. The van der Waals surface area contributed by atoms with Crippen molar-refractivity contribution in [3.05, 3.63) is 67.0 Å². The van der Waals surface area contributed by atoms with Gasteiger partial charge in [-0.2, -0.15) is 5.10 Å². The van der Waals surface area contributed by atoms with Gasteiger partial charge in [0.2, 0.25) is 11.8 Å². The number of piperidine rings is 1. The van der Waals surface area contributed by atoms with Crippen LogP contribution in [0.5, 0.6) is 0 Å². The van der Waals surface area contributed by atoms with E-state index in [9.17, 15) is 9.59 Å². The molecule has 4 rings (SSSR count). The predicted molar refractivity (Wildman–Crippen MR) is 102 cm³/mol. The lowest BCUT2D eigenvalue weighted by Crippen LogP contribution is -2.59. The molecule has 0 N–H and O–H groups in total. The van der Waals surface area contributed by atoms with Crippen molar-refractivity contribution in [3.63, 3.8) is 0 Å². The zero-order valence-corrected chi connectivity index (χ0v) is 15.3. The Morgan fingerprint density at radius 2 is 1.78 bits per heavy atom. The quantitative estimate of drug-likeness (QED) is 0.780. The summed E-state index contributed by atoms with van der Waals surface area (Å²) in [4.78, 5) is 29.2. The van der Waals surface area contributed by atoms with Gasteiger partial charge in [-0.3, -0.25) is 14.3 Å².